The fourth-order valence-corrected chi connectivity index (χ4v) is 3.31. The van der Waals surface area contributed by atoms with Gasteiger partial charge in [0.15, 0.2) is 0 Å². The second kappa shape index (κ2) is 6.72. The molecule has 1 aromatic carbocycles. The monoisotopic (exact) mass is 367 g/mol. The Morgan fingerprint density at radius 2 is 2.12 bits per heavy atom. The van der Waals surface area contributed by atoms with Gasteiger partial charge in [-0.25, -0.2) is 0 Å². The summed E-state index contributed by atoms with van der Waals surface area (Å²) in [4.78, 5) is 15.8. The first-order valence-corrected chi connectivity index (χ1v) is 8.70. The molecule has 1 amide bonds. The van der Waals surface area contributed by atoms with Gasteiger partial charge in [0.25, 0.3) is 5.91 Å². The topological polar surface area (TPSA) is 67.6 Å². The van der Waals surface area contributed by atoms with Crippen LogP contribution in [-0.4, -0.2) is 31.8 Å². The molecule has 3 aromatic heterocycles. The summed E-state index contributed by atoms with van der Waals surface area (Å²) in [6.07, 6.45) is 8.05. The predicted molar refractivity (Wildman–Crippen MR) is 102 cm³/mol. The first-order valence-electron chi connectivity index (χ1n) is 8.32. The molecule has 4 rings (SSSR count). The minimum atomic E-state index is -0.139. The minimum Gasteiger partial charge on any atom is -0.361 e. The third-order valence-corrected chi connectivity index (χ3v) is 4.65. The van der Waals surface area contributed by atoms with Gasteiger partial charge in [-0.3, -0.25) is 9.48 Å². The molecule has 0 atom stereocenters. The smallest absolute Gasteiger partial charge is 0.256 e. The van der Waals surface area contributed by atoms with Gasteiger partial charge in [-0.2, -0.15) is 5.10 Å². The van der Waals surface area contributed by atoms with Crippen molar-refractivity contribution >= 4 is 28.4 Å². The Bertz CT molecular complexity index is 1060. The lowest BCUT2D eigenvalue weighted by atomic mass is 10.1. The first-order chi connectivity index (χ1) is 12.6. The number of H-pyrrole nitrogens is 1. The average molecular weight is 368 g/mol. The number of benzene rings is 1. The van der Waals surface area contributed by atoms with E-state index in [1.54, 1.807) is 10.9 Å². The van der Waals surface area contributed by atoms with Crippen LogP contribution >= 0.6 is 11.6 Å². The van der Waals surface area contributed by atoms with Crippen LogP contribution < -0.4 is 5.32 Å². The van der Waals surface area contributed by atoms with Crippen LogP contribution in [0.1, 0.15) is 15.9 Å². The molecule has 0 fully saturated rings. The molecule has 0 saturated heterocycles. The van der Waals surface area contributed by atoms with E-state index >= 15 is 0 Å². The lowest BCUT2D eigenvalue weighted by molar-refractivity contribution is 0.0954. The number of nitrogens with one attached hydrogen (secondary N) is 2. The quantitative estimate of drug-likeness (QED) is 0.568. The summed E-state index contributed by atoms with van der Waals surface area (Å²) in [6.45, 7) is 0.526. The van der Waals surface area contributed by atoms with Gasteiger partial charge in [0.05, 0.1) is 6.20 Å². The molecular formula is C19H18ClN5O. The number of aryl methyl sites for hydroxylation is 1. The molecule has 0 spiro atoms. The van der Waals surface area contributed by atoms with Crippen LogP contribution in [0.4, 0.5) is 0 Å². The zero-order valence-electron chi connectivity index (χ0n) is 14.2. The van der Waals surface area contributed by atoms with Crippen LogP contribution in [0.2, 0.25) is 5.02 Å². The summed E-state index contributed by atoms with van der Waals surface area (Å²) >= 11 is 6.09. The number of carbonyl (C=O) groups is 1. The van der Waals surface area contributed by atoms with Crippen LogP contribution in [0.15, 0.2) is 55.1 Å². The van der Waals surface area contributed by atoms with E-state index in [4.69, 9.17) is 11.6 Å². The number of amides is 1. The molecule has 6 nitrogen and oxygen atoms in total. The summed E-state index contributed by atoms with van der Waals surface area (Å²) in [5, 5.41) is 8.98. The standard InChI is InChI=1S/C19H18ClN5O/c1-24-19(25-8-2-3-9-25)16(12-23-24)18(26)21-7-6-13-11-22-17-5-4-14(20)10-15(13)17/h2-5,8-12,22H,6-7H2,1H3,(H,21,26). The zero-order chi connectivity index (χ0) is 18.1. The molecule has 132 valence electrons. The number of hydrogen-bond acceptors (Lipinski definition) is 2. The number of halogens is 1. The number of fused-ring (bicyclic) bond motifs is 1. The summed E-state index contributed by atoms with van der Waals surface area (Å²) in [6, 6.07) is 9.58. The maximum atomic E-state index is 12.6. The van der Waals surface area contributed by atoms with E-state index in [0.29, 0.717) is 23.6 Å². The number of rotatable bonds is 5. The van der Waals surface area contributed by atoms with Crippen LogP contribution in [-0.2, 0) is 13.5 Å². The lowest BCUT2D eigenvalue weighted by Crippen LogP contribution is -2.26. The normalized spacial score (nSPS) is 11.2. The van der Waals surface area contributed by atoms with E-state index in [-0.39, 0.29) is 5.91 Å². The number of aromatic amines is 1. The highest BCUT2D eigenvalue weighted by Gasteiger charge is 2.17. The van der Waals surface area contributed by atoms with Gasteiger partial charge in [0.1, 0.15) is 11.4 Å². The van der Waals surface area contributed by atoms with Crippen molar-refractivity contribution in [3.05, 3.63) is 71.3 Å². The highest BCUT2D eigenvalue weighted by Crippen LogP contribution is 2.22. The molecule has 2 N–H and O–H groups in total. The van der Waals surface area contributed by atoms with Crippen molar-refractivity contribution in [1.82, 2.24) is 24.6 Å². The largest absolute Gasteiger partial charge is 0.361 e. The highest BCUT2D eigenvalue weighted by molar-refractivity contribution is 6.31. The van der Waals surface area contributed by atoms with Gasteiger partial charge in [-0.15, -0.1) is 0 Å². The van der Waals surface area contributed by atoms with Crippen molar-refractivity contribution in [1.29, 1.82) is 0 Å². The van der Waals surface area contributed by atoms with E-state index in [9.17, 15) is 4.79 Å². The van der Waals surface area contributed by atoms with E-state index < -0.39 is 0 Å². The molecule has 0 unspecified atom stereocenters. The number of carbonyl (C=O) groups excluding carboxylic acids is 1. The van der Waals surface area contributed by atoms with Crippen molar-refractivity contribution in [3.8, 4) is 5.82 Å². The van der Waals surface area contributed by atoms with Crippen molar-refractivity contribution in [2.45, 2.75) is 6.42 Å². The number of nitrogens with zero attached hydrogens (tertiary/aromatic N) is 3. The number of hydrogen-bond donors (Lipinski definition) is 2. The van der Waals surface area contributed by atoms with Crippen molar-refractivity contribution < 1.29 is 4.79 Å². The van der Waals surface area contributed by atoms with Gasteiger partial charge in [-0.1, -0.05) is 11.6 Å². The van der Waals surface area contributed by atoms with Gasteiger partial charge in [-0.05, 0) is 42.3 Å². The Morgan fingerprint density at radius 1 is 1.31 bits per heavy atom. The van der Waals surface area contributed by atoms with E-state index in [0.717, 1.165) is 22.3 Å². The lowest BCUT2D eigenvalue weighted by Gasteiger charge is -2.08. The summed E-state index contributed by atoms with van der Waals surface area (Å²) in [5.74, 6) is 0.603. The summed E-state index contributed by atoms with van der Waals surface area (Å²) < 4.78 is 3.57. The van der Waals surface area contributed by atoms with Crippen LogP contribution in [0, 0.1) is 0 Å². The molecule has 3 heterocycles. The molecule has 0 aliphatic heterocycles. The van der Waals surface area contributed by atoms with Crippen LogP contribution in [0.3, 0.4) is 0 Å². The SMILES string of the molecule is Cn1ncc(C(=O)NCCc2c[nH]c3ccc(Cl)cc23)c1-n1cccc1. The maximum absolute atomic E-state index is 12.6. The Balaban J connectivity index is 1.47. The van der Waals surface area contributed by atoms with Crippen molar-refractivity contribution in [2.75, 3.05) is 6.54 Å². The van der Waals surface area contributed by atoms with Gasteiger partial charge < -0.3 is 14.9 Å². The van der Waals surface area contributed by atoms with Crippen LogP contribution in [0.5, 0.6) is 0 Å². The second-order valence-electron chi connectivity index (χ2n) is 6.11. The predicted octanol–water partition coefficient (Wildman–Crippen LogP) is 3.32. The third-order valence-electron chi connectivity index (χ3n) is 4.41. The molecular weight excluding hydrogens is 350 g/mol. The molecule has 7 heteroatoms. The maximum Gasteiger partial charge on any atom is 0.256 e. The number of aromatic nitrogens is 4. The molecule has 0 aliphatic carbocycles. The van der Waals surface area contributed by atoms with E-state index in [2.05, 4.69) is 15.4 Å². The van der Waals surface area contributed by atoms with E-state index in [1.807, 2.05) is 60.5 Å². The Morgan fingerprint density at radius 3 is 2.92 bits per heavy atom. The highest BCUT2D eigenvalue weighted by atomic mass is 35.5. The fourth-order valence-electron chi connectivity index (χ4n) is 3.14. The molecule has 0 bridgehead atoms. The van der Waals surface area contributed by atoms with Gasteiger partial charge in [0.2, 0.25) is 0 Å². The van der Waals surface area contributed by atoms with Crippen molar-refractivity contribution in [3.63, 3.8) is 0 Å². The van der Waals surface area contributed by atoms with Gasteiger partial charge >= 0.3 is 0 Å². The van der Waals surface area contributed by atoms with Crippen LogP contribution in [0.25, 0.3) is 16.7 Å². The minimum absolute atomic E-state index is 0.139. The third kappa shape index (κ3) is 2.99. The first kappa shape index (κ1) is 16.5. The Kier molecular flexibility index (Phi) is 4.26. The summed E-state index contributed by atoms with van der Waals surface area (Å²) in [7, 11) is 1.82. The Labute approximate surface area is 155 Å². The Hall–Kier alpha value is -2.99. The average Bonchev–Trinajstić information content (AvgIpc) is 3.34. The van der Waals surface area contributed by atoms with E-state index in [1.165, 1.54) is 0 Å². The summed E-state index contributed by atoms with van der Waals surface area (Å²) in [5.41, 5.74) is 2.71. The molecule has 26 heavy (non-hydrogen) atoms. The van der Waals surface area contributed by atoms with Gasteiger partial charge in [0, 0.05) is 48.1 Å². The fraction of sp³-hybridized carbons (Fsp3) is 0.158. The second-order valence-corrected chi connectivity index (χ2v) is 6.54. The molecule has 4 aromatic rings. The molecule has 0 saturated carbocycles. The zero-order valence-corrected chi connectivity index (χ0v) is 15.0. The molecule has 0 radical (unpaired) electrons. The molecule has 0 aliphatic rings. The van der Waals surface area contributed by atoms with Crippen molar-refractivity contribution in [2.24, 2.45) is 7.05 Å².